The fraction of sp³-hybridized carbons (Fsp3) is 0.526. The zero-order valence-corrected chi connectivity index (χ0v) is 14.0. The fourth-order valence-corrected chi connectivity index (χ4v) is 3.40. The second kappa shape index (κ2) is 7.18. The lowest BCUT2D eigenvalue weighted by Crippen LogP contribution is -2.36. The maximum Gasteiger partial charge on any atom is 0.222 e. The largest absolute Gasteiger partial charge is 0.459 e. The molecule has 0 bridgehead atoms. The van der Waals surface area contributed by atoms with Crippen LogP contribution in [0, 0.1) is 11.8 Å². The Morgan fingerprint density at radius 3 is 3.00 bits per heavy atom. The van der Waals surface area contributed by atoms with Crippen molar-refractivity contribution in [1.29, 1.82) is 0 Å². The SMILES string of the molecule is CC(CC(=O)N(C)Cc1cc2ccccc2o1)C1CCCNC1. The minimum atomic E-state index is 0.198. The lowest BCUT2D eigenvalue weighted by molar-refractivity contribution is -0.132. The Labute approximate surface area is 137 Å². The Hall–Kier alpha value is -1.81. The Morgan fingerprint density at radius 2 is 2.26 bits per heavy atom. The zero-order chi connectivity index (χ0) is 16.2. The summed E-state index contributed by atoms with van der Waals surface area (Å²) in [5.74, 6) is 2.08. The van der Waals surface area contributed by atoms with E-state index in [1.807, 2.05) is 37.4 Å². The van der Waals surface area contributed by atoms with E-state index in [0.717, 1.165) is 29.8 Å². The van der Waals surface area contributed by atoms with Gasteiger partial charge in [0.2, 0.25) is 5.91 Å². The molecule has 3 rings (SSSR count). The standard InChI is InChI=1S/C19H26N2O2/c1-14(16-7-5-9-20-12-16)10-19(22)21(2)13-17-11-15-6-3-4-8-18(15)23-17/h3-4,6,8,11,14,16,20H,5,7,9-10,12-13H2,1-2H3. The van der Waals surface area contributed by atoms with Gasteiger partial charge in [0, 0.05) is 18.9 Å². The molecular weight excluding hydrogens is 288 g/mol. The van der Waals surface area contributed by atoms with Crippen LogP contribution in [-0.2, 0) is 11.3 Å². The summed E-state index contributed by atoms with van der Waals surface area (Å²) in [6.45, 7) is 4.89. The van der Waals surface area contributed by atoms with Gasteiger partial charge in [0.1, 0.15) is 11.3 Å². The Kier molecular flexibility index (Phi) is 5.01. The number of hydrogen-bond donors (Lipinski definition) is 1. The van der Waals surface area contributed by atoms with Crippen molar-refractivity contribution < 1.29 is 9.21 Å². The normalized spacial score (nSPS) is 19.7. The number of benzene rings is 1. The van der Waals surface area contributed by atoms with Crippen molar-refractivity contribution in [2.75, 3.05) is 20.1 Å². The topological polar surface area (TPSA) is 45.5 Å². The highest BCUT2D eigenvalue weighted by atomic mass is 16.3. The predicted molar refractivity (Wildman–Crippen MR) is 92.1 cm³/mol. The second-order valence-corrected chi connectivity index (χ2v) is 6.79. The van der Waals surface area contributed by atoms with Crippen LogP contribution in [0.25, 0.3) is 11.0 Å². The highest BCUT2D eigenvalue weighted by Gasteiger charge is 2.23. The van der Waals surface area contributed by atoms with Crippen LogP contribution in [0.15, 0.2) is 34.7 Å². The number of hydrogen-bond acceptors (Lipinski definition) is 3. The van der Waals surface area contributed by atoms with Gasteiger partial charge in [-0.3, -0.25) is 4.79 Å². The van der Waals surface area contributed by atoms with Gasteiger partial charge in [-0.15, -0.1) is 0 Å². The first-order chi connectivity index (χ1) is 11.1. The van der Waals surface area contributed by atoms with Crippen LogP contribution in [0.5, 0.6) is 0 Å². The summed E-state index contributed by atoms with van der Waals surface area (Å²) in [5, 5.41) is 4.52. The quantitative estimate of drug-likeness (QED) is 0.920. The molecule has 1 saturated heterocycles. The van der Waals surface area contributed by atoms with E-state index in [1.54, 1.807) is 4.90 Å². The van der Waals surface area contributed by atoms with Gasteiger partial charge in [0.25, 0.3) is 0 Å². The number of carbonyl (C=O) groups is 1. The number of para-hydroxylation sites is 1. The molecule has 2 aromatic rings. The van der Waals surface area contributed by atoms with E-state index in [0.29, 0.717) is 24.8 Å². The average molecular weight is 314 g/mol. The third kappa shape index (κ3) is 3.94. The fourth-order valence-electron chi connectivity index (χ4n) is 3.40. The molecule has 1 aliphatic heterocycles. The maximum absolute atomic E-state index is 12.5. The van der Waals surface area contributed by atoms with Gasteiger partial charge in [0.15, 0.2) is 0 Å². The van der Waals surface area contributed by atoms with Crippen molar-refractivity contribution in [3.8, 4) is 0 Å². The molecule has 1 aromatic carbocycles. The van der Waals surface area contributed by atoms with E-state index in [9.17, 15) is 4.79 Å². The molecule has 1 aromatic heterocycles. The van der Waals surface area contributed by atoms with E-state index in [-0.39, 0.29) is 5.91 Å². The van der Waals surface area contributed by atoms with E-state index in [2.05, 4.69) is 12.2 Å². The van der Waals surface area contributed by atoms with Crippen molar-refractivity contribution in [3.05, 3.63) is 36.1 Å². The second-order valence-electron chi connectivity index (χ2n) is 6.79. The Morgan fingerprint density at radius 1 is 1.43 bits per heavy atom. The molecule has 1 aliphatic rings. The molecule has 1 fully saturated rings. The molecule has 2 atom stereocenters. The molecule has 0 saturated carbocycles. The third-order valence-corrected chi connectivity index (χ3v) is 4.93. The maximum atomic E-state index is 12.5. The average Bonchev–Trinajstić information content (AvgIpc) is 2.97. The van der Waals surface area contributed by atoms with Crippen LogP contribution in [0.1, 0.15) is 31.9 Å². The molecule has 4 nitrogen and oxygen atoms in total. The Bertz CT molecular complexity index is 625. The molecule has 2 heterocycles. The van der Waals surface area contributed by atoms with E-state index in [4.69, 9.17) is 4.42 Å². The lowest BCUT2D eigenvalue weighted by Gasteiger charge is -2.29. The van der Waals surface area contributed by atoms with E-state index >= 15 is 0 Å². The molecule has 1 amide bonds. The number of furan rings is 1. The number of rotatable bonds is 5. The number of piperidine rings is 1. The van der Waals surface area contributed by atoms with Gasteiger partial charge in [-0.25, -0.2) is 0 Å². The first kappa shape index (κ1) is 16.1. The molecule has 2 unspecified atom stereocenters. The van der Waals surface area contributed by atoms with Gasteiger partial charge < -0.3 is 14.6 Å². The highest BCUT2D eigenvalue weighted by Crippen LogP contribution is 2.24. The van der Waals surface area contributed by atoms with Crippen LogP contribution >= 0.6 is 0 Å². The third-order valence-electron chi connectivity index (χ3n) is 4.93. The molecule has 0 spiro atoms. The van der Waals surface area contributed by atoms with Crippen LogP contribution in [0.3, 0.4) is 0 Å². The van der Waals surface area contributed by atoms with Crippen molar-refractivity contribution in [2.24, 2.45) is 11.8 Å². The van der Waals surface area contributed by atoms with Crippen LogP contribution in [0.2, 0.25) is 0 Å². The molecule has 1 N–H and O–H groups in total. The van der Waals surface area contributed by atoms with Crippen molar-refractivity contribution in [2.45, 2.75) is 32.7 Å². The number of carbonyl (C=O) groups excluding carboxylic acids is 1. The molecular formula is C19H26N2O2. The molecule has 0 radical (unpaired) electrons. The summed E-state index contributed by atoms with van der Waals surface area (Å²) < 4.78 is 5.81. The summed E-state index contributed by atoms with van der Waals surface area (Å²) >= 11 is 0. The summed E-state index contributed by atoms with van der Waals surface area (Å²) in [7, 11) is 1.86. The van der Waals surface area contributed by atoms with Crippen LogP contribution < -0.4 is 5.32 Å². The summed E-state index contributed by atoms with van der Waals surface area (Å²) in [6, 6.07) is 9.97. The van der Waals surface area contributed by atoms with Crippen LogP contribution in [0.4, 0.5) is 0 Å². The summed E-state index contributed by atoms with van der Waals surface area (Å²) in [5.41, 5.74) is 0.880. The summed E-state index contributed by atoms with van der Waals surface area (Å²) in [4.78, 5) is 14.3. The van der Waals surface area contributed by atoms with Crippen molar-refractivity contribution in [1.82, 2.24) is 10.2 Å². The van der Waals surface area contributed by atoms with Gasteiger partial charge in [-0.2, -0.15) is 0 Å². The van der Waals surface area contributed by atoms with E-state index in [1.165, 1.54) is 12.8 Å². The number of fused-ring (bicyclic) bond motifs is 1. The highest BCUT2D eigenvalue weighted by molar-refractivity contribution is 5.78. The smallest absolute Gasteiger partial charge is 0.222 e. The monoisotopic (exact) mass is 314 g/mol. The minimum absolute atomic E-state index is 0.198. The summed E-state index contributed by atoms with van der Waals surface area (Å²) in [6.07, 6.45) is 3.07. The number of nitrogens with zero attached hydrogens (tertiary/aromatic N) is 1. The lowest BCUT2D eigenvalue weighted by atomic mass is 9.85. The van der Waals surface area contributed by atoms with Crippen molar-refractivity contribution in [3.63, 3.8) is 0 Å². The predicted octanol–water partition coefficient (Wildman–Crippen LogP) is 3.42. The number of amides is 1. The first-order valence-corrected chi connectivity index (χ1v) is 8.55. The van der Waals surface area contributed by atoms with Gasteiger partial charge in [-0.05, 0) is 49.9 Å². The minimum Gasteiger partial charge on any atom is -0.459 e. The molecule has 124 valence electrons. The van der Waals surface area contributed by atoms with Gasteiger partial charge >= 0.3 is 0 Å². The first-order valence-electron chi connectivity index (χ1n) is 8.55. The van der Waals surface area contributed by atoms with E-state index < -0.39 is 0 Å². The van der Waals surface area contributed by atoms with Gasteiger partial charge in [0.05, 0.1) is 6.54 Å². The van der Waals surface area contributed by atoms with Crippen molar-refractivity contribution >= 4 is 16.9 Å². The molecule has 0 aliphatic carbocycles. The zero-order valence-electron chi connectivity index (χ0n) is 14.0. The number of nitrogens with one attached hydrogen (secondary N) is 1. The Balaban J connectivity index is 1.56. The molecule has 23 heavy (non-hydrogen) atoms. The van der Waals surface area contributed by atoms with Crippen LogP contribution in [-0.4, -0.2) is 30.9 Å². The molecule has 4 heteroatoms. The van der Waals surface area contributed by atoms with Gasteiger partial charge in [-0.1, -0.05) is 25.1 Å².